The Labute approximate surface area is 118 Å². The second-order valence-corrected chi connectivity index (χ2v) is 4.39. The largest absolute Gasteiger partial charge is 0.357 e. The number of benzene rings is 1. The van der Waals surface area contributed by atoms with Crippen molar-refractivity contribution in [2.45, 2.75) is 20.3 Å². The molecule has 5 heteroatoms. The molecule has 0 saturated heterocycles. The van der Waals surface area contributed by atoms with Gasteiger partial charge >= 0.3 is 0 Å². The fraction of sp³-hybridized carbons (Fsp3) is 0.267. The minimum Gasteiger partial charge on any atom is -0.357 e. The van der Waals surface area contributed by atoms with Crippen LogP contribution in [-0.4, -0.2) is 16.5 Å². The number of aromatic nitrogens is 2. The highest BCUT2D eigenvalue weighted by Gasteiger charge is 2.06. The molecule has 0 radical (unpaired) electrons. The molecule has 0 saturated carbocycles. The van der Waals surface area contributed by atoms with Gasteiger partial charge in [0, 0.05) is 11.8 Å². The number of nitrogens with zero attached hydrogens (tertiary/aromatic N) is 3. The zero-order valence-electron chi connectivity index (χ0n) is 11.6. The predicted molar refractivity (Wildman–Crippen MR) is 80.0 cm³/mol. The van der Waals surface area contributed by atoms with E-state index in [0.717, 1.165) is 12.1 Å². The van der Waals surface area contributed by atoms with Gasteiger partial charge in [-0.3, -0.25) is 0 Å². The first-order valence-corrected chi connectivity index (χ1v) is 6.53. The lowest BCUT2D eigenvalue weighted by Gasteiger charge is -2.13. The molecule has 0 amide bonds. The number of nitriles is 1. The van der Waals surface area contributed by atoms with Crippen molar-refractivity contribution in [3.8, 4) is 6.07 Å². The minimum absolute atomic E-state index is 0.223. The summed E-state index contributed by atoms with van der Waals surface area (Å²) in [6.07, 6.45) is 2.43. The number of nitrogens with one attached hydrogen (secondary N) is 2. The summed E-state index contributed by atoms with van der Waals surface area (Å²) in [5, 5.41) is 14.8. The highest BCUT2D eigenvalue weighted by molar-refractivity contribution is 5.66. The van der Waals surface area contributed by atoms with Gasteiger partial charge in [0.25, 0.3) is 0 Å². The molecule has 0 spiro atoms. The molecule has 0 fully saturated rings. The Balaban J connectivity index is 2.24. The average molecular weight is 267 g/mol. The molecule has 5 nitrogen and oxygen atoms in total. The first-order chi connectivity index (χ1) is 9.74. The Morgan fingerprint density at radius 3 is 2.80 bits per heavy atom. The number of aryl methyl sites for hydroxylation is 2. The van der Waals surface area contributed by atoms with Crippen LogP contribution in [0.1, 0.15) is 18.1 Å². The van der Waals surface area contributed by atoms with E-state index in [9.17, 15) is 0 Å². The summed E-state index contributed by atoms with van der Waals surface area (Å²) in [6.45, 7) is 4.42. The van der Waals surface area contributed by atoms with E-state index in [1.54, 1.807) is 6.07 Å². The lowest BCUT2D eigenvalue weighted by Crippen LogP contribution is -2.04. The monoisotopic (exact) mass is 267 g/mol. The summed E-state index contributed by atoms with van der Waals surface area (Å²) in [4.78, 5) is 8.28. The molecule has 0 aliphatic carbocycles. The summed E-state index contributed by atoms with van der Waals surface area (Å²) < 4.78 is 0. The summed E-state index contributed by atoms with van der Waals surface area (Å²) in [6, 6.07) is 10.0. The SMILES string of the molecule is CCc1cccc(C)c1Nc1cc(NCC#N)ncn1. The number of rotatable bonds is 5. The van der Waals surface area contributed by atoms with Crippen LogP contribution in [0.5, 0.6) is 0 Å². The van der Waals surface area contributed by atoms with Gasteiger partial charge in [-0.1, -0.05) is 25.1 Å². The second-order valence-electron chi connectivity index (χ2n) is 4.39. The van der Waals surface area contributed by atoms with E-state index in [1.165, 1.54) is 17.5 Å². The van der Waals surface area contributed by atoms with E-state index < -0.39 is 0 Å². The first kappa shape index (κ1) is 13.8. The molecule has 0 bridgehead atoms. The quantitative estimate of drug-likeness (QED) is 0.814. The molecule has 2 aromatic rings. The molecule has 0 aliphatic heterocycles. The fourth-order valence-electron chi connectivity index (χ4n) is 1.98. The van der Waals surface area contributed by atoms with Crippen molar-refractivity contribution in [2.75, 3.05) is 17.2 Å². The highest BCUT2D eigenvalue weighted by Crippen LogP contribution is 2.24. The minimum atomic E-state index is 0.223. The second kappa shape index (κ2) is 6.53. The molecular formula is C15H17N5. The Hall–Kier alpha value is -2.61. The number of hydrogen-bond donors (Lipinski definition) is 2. The van der Waals surface area contributed by atoms with Gasteiger partial charge in [-0.25, -0.2) is 9.97 Å². The highest BCUT2D eigenvalue weighted by atomic mass is 15.1. The summed E-state index contributed by atoms with van der Waals surface area (Å²) in [5.74, 6) is 1.35. The zero-order valence-corrected chi connectivity index (χ0v) is 11.6. The third kappa shape index (κ3) is 3.23. The molecule has 0 atom stereocenters. The molecule has 1 aromatic carbocycles. The van der Waals surface area contributed by atoms with E-state index in [1.807, 2.05) is 6.07 Å². The molecule has 0 aliphatic rings. The van der Waals surface area contributed by atoms with Gasteiger partial charge in [0.15, 0.2) is 0 Å². The summed E-state index contributed by atoms with van der Waals surface area (Å²) in [5.41, 5.74) is 3.50. The van der Waals surface area contributed by atoms with Gasteiger partial charge in [-0.2, -0.15) is 5.26 Å². The standard InChI is InChI=1S/C15H17N5/c1-3-12-6-4-5-11(2)15(12)20-14-9-13(17-8-7-16)18-10-19-14/h4-6,9-10H,3,8H2,1-2H3,(H2,17,18,19,20). The number of para-hydroxylation sites is 1. The van der Waals surface area contributed by atoms with Crippen LogP contribution >= 0.6 is 0 Å². The van der Waals surface area contributed by atoms with Gasteiger partial charge in [-0.05, 0) is 24.5 Å². The van der Waals surface area contributed by atoms with Crippen molar-refractivity contribution in [1.82, 2.24) is 9.97 Å². The van der Waals surface area contributed by atoms with Crippen LogP contribution in [0.4, 0.5) is 17.3 Å². The Kier molecular flexibility index (Phi) is 4.51. The maximum absolute atomic E-state index is 8.57. The molecule has 1 aromatic heterocycles. The van der Waals surface area contributed by atoms with E-state index in [2.05, 4.69) is 52.6 Å². The predicted octanol–water partition coefficient (Wildman–Crippen LogP) is 3.03. The van der Waals surface area contributed by atoms with Crippen LogP contribution in [0.3, 0.4) is 0 Å². The van der Waals surface area contributed by atoms with E-state index >= 15 is 0 Å². The van der Waals surface area contributed by atoms with Crippen LogP contribution < -0.4 is 10.6 Å². The van der Waals surface area contributed by atoms with Crippen LogP contribution in [0.2, 0.25) is 0 Å². The van der Waals surface area contributed by atoms with Crippen molar-refractivity contribution >= 4 is 17.3 Å². The van der Waals surface area contributed by atoms with Gasteiger partial charge in [0.1, 0.15) is 24.5 Å². The van der Waals surface area contributed by atoms with Crippen LogP contribution in [0, 0.1) is 18.3 Å². The summed E-state index contributed by atoms with van der Waals surface area (Å²) in [7, 11) is 0. The van der Waals surface area contributed by atoms with Gasteiger partial charge in [0.05, 0.1) is 6.07 Å². The van der Waals surface area contributed by atoms with Crippen LogP contribution in [-0.2, 0) is 6.42 Å². The molecule has 2 N–H and O–H groups in total. The van der Waals surface area contributed by atoms with Gasteiger partial charge < -0.3 is 10.6 Å². The maximum atomic E-state index is 8.57. The molecule has 102 valence electrons. The van der Waals surface area contributed by atoms with Gasteiger partial charge in [-0.15, -0.1) is 0 Å². The topological polar surface area (TPSA) is 73.6 Å². The van der Waals surface area contributed by atoms with E-state index in [4.69, 9.17) is 5.26 Å². The van der Waals surface area contributed by atoms with Gasteiger partial charge in [0.2, 0.25) is 0 Å². The molecule has 2 rings (SSSR count). The van der Waals surface area contributed by atoms with Crippen LogP contribution in [0.25, 0.3) is 0 Å². The third-order valence-corrected chi connectivity index (χ3v) is 3.01. The Morgan fingerprint density at radius 2 is 2.05 bits per heavy atom. The Bertz CT molecular complexity index is 630. The lowest BCUT2D eigenvalue weighted by atomic mass is 10.1. The van der Waals surface area contributed by atoms with Crippen LogP contribution in [0.15, 0.2) is 30.6 Å². The average Bonchev–Trinajstić information content (AvgIpc) is 2.47. The zero-order chi connectivity index (χ0) is 14.4. The molecule has 20 heavy (non-hydrogen) atoms. The Morgan fingerprint density at radius 1 is 1.25 bits per heavy atom. The third-order valence-electron chi connectivity index (χ3n) is 3.01. The van der Waals surface area contributed by atoms with Crippen molar-refractivity contribution < 1.29 is 0 Å². The van der Waals surface area contributed by atoms with Crippen molar-refractivity contribution in [2.24, 2.45) is 0 Å². The van der Waals surface area contributed by atoms with E-state index in [0.29, 0.717) is 11.6 Å². The molecule has 1 heterocycles. The molecule has 0 unspecified atom stereocenters. The smallest absolute Gasteiger partial charge is 0.135 e. The van der Waals surface area contributed by atoms with E-state index in [-0.39, 0.29) is 6.54 Å². The fourth-order valence-corrected chi connectivity index (χ4v) is 1.98. The molecular weight excluding hydrogens is 250 g/mol. The first-order valence-electron chi connectivity index (χ1n) is 6.53. The normalized spacial score (nSPS) is 9.85. The van der Waals surface area contributed by atoms with Crippen molar-refractivity contribution in [1.29, 1.82) is 5.26 Å². The maximum Gasteiger partial charge on any atom is 0.135 e. The van der Waals surface area contributed by atoms with Crippen molar-refractivity contribution in [3.05, 3.63) is 41.7 Å². The number of hydrogen-bond acceptors (Lipinski definition) is 5. The number of anilines is 3. The van der Waals surface area contributed by atoms with Crippen molar-refractivity contribution in [3.63, 3.8) is 0 Å². The lowest BCUT2D eigenvalue weighted by molar-refractivity contribution is 1.11. The summed E-state index contributed by atoms with van der Waals surface area (Å²) >= 11 is 0.